The fraction of sp³-hybridized carbons (Fsp3) is 0.952. The molecule has 0 rings (SSSR count). The molecule has 0 saturated carbocycles. The zero-order valence-electron chi connectivity index (χ0n) is 31.5. The van der Waals surface area contributed by atoms with Gasteiger partial charge >= 0.3 is 5.97 Å². The van der Waals surface area contributed by atoms with Crippen molar-refractivity contribution in [3.05, 3.63) is 0 Å². The Balaban J connectivity index is 4.01. The van der Waals surface area contributed by atoms with Gasteiger partial charge in [-0.1, -0.05) is 214 Å². The molecule has 0 N–H and O–H groups in total. The third-order valence-corrected chi connectivity index (χ3v) is 10.2. The molecule has 0 aliphatic heterocycles. The van der Waals surface area contributed by atoms with Crippen LogP contribution in [0.3, 0.4) is 0 Å². The lowest BCUT2D eigenvalue weighted by molar-refractivity contribution is -0.162. The van der Waals surface area contributed by atoms with E-state index in [2.05, 4.69) is 20.8 Å². The molecule has 0 aromatic heterocycles. The van der Waals surface area contributed by atoms with Crippen molar-refractivity contribution in [2.75, 3.05) is 6.61 Å². The lowest BCUT2D eigenvalue weighted by Gasteiger charge is -2.29. The molecule has 0 bridgehead atoms. The highest BCUT2D eigenvalue weighted by Gasteiger charge is 2.44. The molecule has 45 heavy (non-hydrogen) atoms. The lowest BCUT2D eigenvalue weighted by Crippen LogP contribution is -2.40. The fourth-order valence-electron chi connectivity index (χ4n) is 6.85. The van der Waals surface area contributed by atoms with Crippen molar-refractivity contribution in [3.63, 3.8) is 0 Å². The van der Waals surface area contributed by atoms with Gasteiger partial charge < -0.3 is 4.74 Å². The molecule has 0 heterocycles. The number of ether oxygens (including phenoxy) is 1. The maximum Gasteiger partial charge on any atom is 0.319 e. The van der Waals surface area contributed by atoms with Crippen LogP contribution in [0.2, 0.25) is 0 Å². The number of hydrogen-bond acceptors (Lipinski definition) is 3. The van der Waals surface area contributed by atoms with Crippen LogP contribution in [0.4, 0.5) is 0 Å². The smallest absolute Gasteiger partial charge is 0.319 e. The van der Waals surface area contributed by atoms with Crippen LogP contribution in [0.1, 0.15) is 246 Å². The molecule has 268 valence electrons. The van der Waals surface area contributed by atoms with Crippen LogP contribution in [-0.4, -0.2) is 18.4 Å². The van der Waals surface area contributed by atoms with Gasteiger partial charge in [-0.05, 0) is 25.7 Å². The summed E-state index contributed by atoms with van der Waals surface area (Å²) in [6.07, 6.45) is 41.9. The molecule has 0 spiro atoms. The Morgan fingerprint density at radius 1 is 0.400 bits per heavy atom. The van der Waals surface area contributed by atoms with Crippen molar-refractivity contribution >= 4 is 11.8 Å². The van der Waals surface area contributed by atoms with Crippen LogP contribution in [0, 0.1) is 5.41 Å². The SMILES string of the molecule is CCCCCCCCCCCCCCCCCC(=O)C(CC)(CCCC)C(=O)OCCCCCCCCCCCCCCCC. The van der Waals surface area contributed by atoms with Crippen molar-refractivity contribution < 1.29 is 14.3 Å². The van der Waals surface area contributed by atoms with E-state index in [9.17, 15) is 9.59 Å². The van der Waals surface area contributed by atoms with Crippen molar-refractivity contribution in [1.29, 1.82) is 0 Å². The minimum absolute atomic E-state index is 0.138. The van der Waals surface area contributed by atoms with E-state index in [1.54, 1.807) is 0 Å². The highest BCUT2D eigenvalue weighted by Crippen LogP contribution is 2.34. The van der Waals surface area contributed by atoms with Crippen LogP contribution in [0.5, 0.6) is 0 Å². The molecule has 0 aliphatic carbocycles. The van der Waals surface area contributed by atoms with Gasteiger partial charge in [0.05, 0.1) is 6.61 Å². The number of carbonyl (C=O) groups excluding carboxylic acids is 2. The third kappa shape index (κ3) is 25.9. The van der Waals surface area contributed by atoms with Crippen LogP contribution in [-0.2, 0) is 14.3 Å². The summed E-state index contributed by atoms with van der Waals surface area (Å²) in [4.78, 5) is 26.7. The van der Waals surface area contributed by atoms with Gasteiger partial charge in [0.2, 0.25) is 0 Å². The Hall–Kier alpha value is -0.860. The van der Waals surface area contributed by atoms with Gasteiger partial charge in [0, 0.05) is 6.42 Å². The summed E-state index contributed by atoms with van der Waals surface area (Å²) in [5, 5.41) is 0. The molecule has 0 aliphatic rings. The van der Waals surface area contributed by atoms with Crippen molar-refractivity contribution in [3.8, 4) is 0 Å². The van der Waals surface area contributed by atoms with Gasteiger partial charge in [0.25, 0.3) is 0 Å². The molecular formula is C42H82O3. The van der Waals surface area contributed by atoms with Gasteiger partial charge in [-0.15, -0.1) is 0 Å². The first-order chi connectivity index (χ1) is 22.1. The first-order valence-corrected chi connectivity index (χ1v) is 20.8. The summed E-state index contributed by atoms with van der Waals surface area (Å²) >= 11 is 0. The Morgan fingerprint density at radius 2 is 0.711 bits per heavy atom. The van der Waals surface area contributed by atoms with E-state index in [0.29, 0.717) is 25.9 Å². The average Bonchev–Trinajstić information content (AvgIpc) is 3.05. The number of esters is 1. The Kier molecular flexibility index (Phi) is 33.8. The monoisotopic (exact) mass is 635 g/mol. The standard InChI is InChI=1S/C42H82O3/c1-5-9-12-14-16-18-20-22-24-25-27-29-31-33-35-37-40(43)42(8-4,38-11-7-3)41(44)45-39-36-34-32-30-28-26-23-21-19-17-15-13-10-6-2/h5-39H2,1-4H3. The Labute approximate surface area is 283 Å². The number of hydrogen-bond donors (Lipinski definition) is 0. The van der Waals surface area contributed by atoms with Gasteiger partial charge in [-0.2, -0.15) is 0 Å². The third-order valence-electron chi connectivity index (χ3n) is 10.2. The minimum atomic E-state index is -0.915. The molecule has 0 aromatic carbocycles. The minimum Gasteiger partial charge on any atom is -0.465 e. The van der Waals surface area contributed by atoms with E-state index in [-0.39, 0.29) is 11.8 Å². The van der Waals surface area contributed by atoms with E-state index in [1.165, 1.54) is 161 Å². The first-order valence-electron chi connectivity index (χ1n) is 20.8. The van der Waals surface area contributed by atoms with Crippen LogP contribution < -0.4 is 0 Å². The Morgan fingerprint density at radius 3 is 1.04 bits per heavy atom. The number of rotatable bonds is 37. The fourth-order valence-corrected chi connectivity index (χ4v) is 6.85. The number of carbonyl (C=O) groups is 2. The topological polar surface area (TPSA) is 43.4 Å². The summed E-state index contributed by atoms with van der Waals surface area (Å²) in [5.41, 5.74) is -0.915. The van der Waals surface area contributed by atoms with Crippen molar-refractivity contribution in [1.82, 2.24) is 0 Å². The second-order valence-electron chi connectivity index (χ2n) is 14.4. The number of unbranched alkanes of at least 4 members (excludes halogenated alkanes) is 28. The second-order valence-corrected chi connectivity index (χ2v) is 14.4. The molecule has 0 radical (unpaired) electrons. The van der Waals surface area contributed by atoms with E-state index in [4.69, 9.17) is 4.74 Å². The molecule has 0 fully saturated rings. The summed E-state index contributed by atoms with van der Waals surface area (Å²) in [6.45, 7) is 9.18. The Bertz CT molecular complexity index is 581. The van der Waals surface area contributed by atoms with Crippen LogP contribution >= 0.6 is 0 Å². The summed E-state index contributed by atoms with van der Waals surface area (Å²) in [7, 11) is 0. The van der Waals surface area contributed by atoms with Gasteiger partial charge in [-0.3, -0.25) is 9.59 Å². The summed E-state index contributed by atoms with van der Waals surface area (Å²) < 4.78 is 5.79. The molecule has 1 atom stereocenters. The summed E-state index contributed by atoms with van der Waals surface area (Å²) in [6, 6.07) is 0. The largest absolute Gasteiger partial charge is 0.465 e. The molecular weight excluding hydrogens is 552 g/mol. The maximum absolute atomic E-state index is 13.4. The van der Waals surface area contributed by atoms with E-state index < -0.39 is 5.41 Å². The molecule has 3 nitrogen and oxygen atoms in total. The molecule has 0 aromatic rings. The molecule has 3 heteroatoms. The zero-order chi connectivity index (χ0) is 33.1. The highest BCUT2D eigenvalue weighted by molar-refractivity contribution is 6.03. The van der Waals surface area contributed by atoms with E-state index in [1.807, 2.05) is 6.92 Å². The summed E-state index contributed by atoms with van der Waals surface area (Å²) in [5.74, 6) is -0.0989. The molecule has 0 amide bonds. The van der Waals surface area contributed by atoms with Crippen molar-refractivity contribution in [2.45, 2.75) is 246 Å². The van der Waals surface area contributed by atoms with Crippen LogP contribution in [0.25, 0.3) is 0 Å². The number of ketones is 1. The molecule has 1 unspecified atom stereocenters. The zero-order valence-corrected chi connectivity index (χ0v) is 31.5. The predicted molar refractivity (Wildman–Crippen MR) is 198 cm³/mol. The normalized spacial score (nSPS) is 12.8. The second kappa shape index (κ2) is 34.5. The van der Waals surface area contributed by atoms with Crippen LogP contribution in [0.15, 0.2) is 0 Å². The average molecular weight is 635 g/mol. The molecule has 0 saturated heterocycles. The maximum atomic E-state index is 13.4. The predicted octanol–water partition coefficient (Wildman–Crippen LogP) is 14.4. The number of Topliss-reactive ketones (excluding diaryl/α,β-unsaturated/α-hetero) is 1. The van der Waals surface area contributed by atoms with E-state index >= 15 is 0 Å². The quantitative estimate of drug-likeness (QED) is 0.0388. The lowest BCUT2D eigenvalue weighted by atomic mass is 9.74. The van der Waals surface area contributed by atoms with Crippen molar-refractivity contribution in [2.24, 2.45) is 5.41 Å². The first kappa shape index (κ1) is 44.1. The van der Waals surface area contributed by atoms with Gasteiger partial charge in [0.15, 0.2) is 0 Å². The van der Waals surface area contributed by atoms with E-state index in [0.717, 1.165) is 38.5 Å². The highest BCUT2D eigenvalue weighted by atomic mass is 16.5. The van der Waals surface area contributed by atoms with Gasteiger partial charge in [0.1, 0.15) is 11.2 Å². The van der Waals surface area contributed by atoms with Gasteiger partial charge in [-0.25, -0.2) is 0 Å².